The second-order valence-electron chi connectivity index (χ2n) is 3.90. The quantitative estimate of drug-likeness (QED) is 0.752. The summed E-state index contributed by atoms with van der Waals surface area (Å²) in [6, 6.07) is 12.1. The molecule has 0 unspecified atom stereocenters. The smallest absolute Gasteiger partial charge is 0.252 e. The lowest BCUT2D eigenvalue weighted by Gasteiger charge is -2.10. The molecule has 0 spiro atoms. The number of carbonyl (C=O) groups is 1. The van der Waals surface area contributed by atoms with E-state index in [0.29, 0.717) is 11.3 Å². The fourth-order valence-corrected chi connectivity index (χ4v) is 2.58. The molecule has 0 aromatic heterocycles. The van der Waals surface area contributed by atoms with Gasteiger partial charge in [0.15, 0.2) is 0 Å². The van der Waals surface area contributed by atoms with E-state index >= 15 is 0 Å². The number of nitrogens with one attached hydrogen (secondary N) is 1. The number of hydrogen-bond acceptors (Lipinski definition) is 4. The zero-order valence-corrected chi connectivity index (χ0v) is 11.2. The van der Waals surface area contributed by atoms with Gasteiger partial charge in [-0.1, -0.05) is 23.9 Å². The number of hydrogen-bond donors (Lipinski definition) is 3. The van der Waals surface area contributed by atoms with Crippen molar-refractivity contribution in [2.45, 2.75) is 9.79 Å². The van der Waals surface area contributed by atoms with Gasteiger partial charge in [-0.05, 0) is 30.3 Å². The molecule has 0 fully saturated rings. The third kappa shape index (κ3) is 3.00. The summed E-state index contributed by atoms with van der Waals surface area (Å²) >= 11 is 1.40. The molecule has 1 amide bonds. The number of carbonyl (C=O) groups excluding carboxylic acids is 1. The minimum atomic E-state index is -0.243. The Labute approximate surface area is 115 Å². The van der Waals surface area contributed by atoms with Crippen molar-refractivity contribution in [3.05, 3.63) is 48.0 Å². The topological polar surface area (TPSA) is 75.3 Å². The average molecular weight is 274 g/mol. The van der Waals surface area contributed by atoms with Crippen LogP contribution in [0.2, 0.25) is 0 Å². The van der Waals surface area contributed by atoms with Gasteiger partial charge in [0, 0.05) is 22.5 Å². The molecule has 98 valence electrons. The maximum absolute atomic E-state index is 11.8. The minimum Gasteiger partial charge on any atom is -0.508 e. The summed E-state index contributed by atoms with van der Waals surface area (Å²) in [5.74, 6) is -0.183. The molecular formula is C14H14N2O2S. The monoisotopic (exact) mass is 274 g/mol. The SMILES string of the molecule is CNC(=O)c1cc(O)ccc1Sc1ccccc1N. The summed E-state index contributed by atoms with van der Waals surface area (Å²) < 4.78 is 0. The fraction of sp³-hybridized carbons (Fsp3) is 0.0714. The lowest BCUT2D eigenvalue weighted by molar-refractivity contribution is 0.0960. The summed E-state index contributed by atoms with van der Waals surface area (Å²) in [5.41, 5.74) is 6.97. The van der Waals surface area contributed by atoms with E-state index in [4.69, 9.17) is 5.73 Å². The Kier molecular flexibility index (Phi) is 3.97. The number of benzene rings is 2. The first-order chi connectivity index (χ1) is 9.11. The highest BCUT2D eigenvalue weighted by molar-refractivity contribution is 7.99. The third-order valence-electron chi connectivity index (χ3n) is 2.57. The molecule has 0 heterocycles. The standard InChI is InChI=1S/C14H14N2O2S/c1-16-14(18)10-8-9(17)6-7-12(10)19-13-5-3-2-4-11(13)15/h2-8,17H,15H2,1H3,(H,16,18). The Bertz CT molecular complexity index is 614. The van der Waals surface area contributed by atoms with Crippen LogP contribution in [0.15, 0.2) is 52.3 Å². The second kappa shape index (κ2) is 5.67. The van der Waals surface area contributed by atoms with Gasteiger partial charge in [0.25, 0.3) is 5.91 Å². The summed E-state index contributed by atoms with van der Waals surface area (Å²) in [6.07, 6.45) is 0. The van der Waals surface area contributed by atoms with Crippen molar-refractivity contribution in [2.75, 3.05) is 12.8 Å². The first-order valence-corrected chi connectivity index (χ1v) is 6.51. The number of nitrogen functional groups attached to an aromatic ring is 1. The largest absolute Gasteiger partial charge is 0.508 e. The van der Waals surface area contributed by atoms with Crippen LogP contribution in [-0.4, -0.2) is 18.1 Å². The molecule has 4 N–H and O–H groups in total. The Hall–Kier alpha value is -2.14. The van der Waals surface area contributed by atoms with Gasteiger partial charge in [-0.2, -0.15) is 0 Å². The zero-order valence-electron chi connectivity index (χ0n) is 10.4. The van der Waals surface area contributed by atoms with E-state index in [1.54, 1.807) is 19.2 Å². The van der Waals surface area contributed by atoms with E-state index in [0.717, 1.165) is 9.79 Å². The van der Waals surface area contributed by atoms with Crippen molar-refractivity contribution in [3.8, 4) is 5.75 Å². The zero-order chi connectivity index (χ0) is 13.8. The number of phenolic OH excluding ortho intramolecular Hbond substituents is 1. The summed E-state index contributed by atoms with van der Waals surface area (Å²) in [6.45, 7) is 0. The molecule has 0 bridgehead atoms. The molecule has 0 saturated heterocycles. The van der Waals surface area contributed by atoms with Crippen molar-refractivity contribution in [1.82, 2.24) is 5.32 Å². The van der Waals surface area contributed by atoms with Gasteiger partial charge < -0.3 is 16.2 Å². The Morgan fingerprint density at radius 1 is 1.21 bits per heavy atom. The molecule has 5 heteroatoms. The highest BCUT2D eigenvalue weighted by atomic mass is 32.2. The van der Waals surface area contributed by atoms with E-state index in [-0.39, 0.29) is 11.7 Å². The van der Waals surface area contributed by atoms with Crippen LogP contribution in [0.1, 0.15) is 10.4 Å². The number of nitrogens with two attached hydrogens (primary N) is 1. The number of rotatable bonds is 3. The van der Waals surface area contributed by atoms with Crippen LogP contribution in [0.4, 0.5) is 5.69 Å². The van der Waals surface area contributed by atoms with Crippen LogP contribution in [0.25, 0.3) is 0 Å². The van der Waals surface area contributed by atoms with E-state index in [2.05, 4.69) is 5.32 Å². The third-order valence-corrected chi connectivity index (χ3v) is 3.74. The van der Waals surface area contributed by atoms with Crippen molar-refractivity contribution in [2.24, 2.45) is 0 Å². The Morgan fingerprint density at radius 2 is 1.95 bits per heavy atom. The lowest BCUT2D eigenvalue weighted by Crippen LogP contribution is -2.18. The maximum atomic E-state index is 11.8. The van der Waals surface area contributed by atoms with Crippen molar-refractivity contribution >= 4 is 23.4 Å². The van der Waals surface area contributed by atoms with Crippen LogP contribution in [0, 0.1) is 0 Å². The molecule has 19 heavy (non-hydrogen) atoms. The van der Waals surface area contributed by atoms with Gasteiger partial charge >= 0.3 is 0 Å². The van der Waals surface area contributed by atoms with Gasteiger partial charge in [0.1, 0.15) is 5.75 Å². The van der Waals surface area contributed by atoms with Crippen LogP contribution >= 0.6 is 11.8 Å². The molecule has 0 aliphatic heterocycles. The highest BCUT2D eigenvalue weighted by Crippen LogP contribution is 2.35. The first-order valence-electron chi connectivity index (χ1n) is 5.69. The van der Waals surface area contributed by atoms with Crippen molar-refractivity contribution in [1.29, 1.82) is 0 Å². The molecular weight excluding hydrogens is 260 g/mol. The van der Waals surface area contributed by atoms with Gasteiger partial charge in [-0.3, -0.25) is 4.79 Å². The molecule has 4 nitrogen and oxygen atoms in total. The normalized spacial score (nSPS) is 10.2. The molecule has 2 rings (SSSR count). The number of aromatic hydroxyl groups is 1. The summed E-state index contributed by atoms with van der Waals surface area (Å²) in [4.78, 5) is 13.4. The predicted molar refractivity (Wildman–Crippen MR) is 76.5 cm³/mol. The molecule has 0 aliphatic carbocycles. The Morgan fingerprint density at radius 3 is 2.63 bits per heavy atom. The fourth-order valence-electron chi connectivity index (χ4n) is 1.61. The molecule has 0 radical (unpaired) electrons. The van der Waals surface area contributed by atoms with Gasteiger partial charge in [-0.25, -0.2) is 0 Å². The van der Waals surface area contributed by atoms with Gasteiger partial charge in [0.05, 0.1) is 5.56 Å². The number of anilines is 1. The maximum Gasteiger partial charge on any atom is 0.252 e. The van der Waals surface area contributed by atoms with E-state index in [1.807, 2.05) is 24.3 Å². The summed E-state index contributed by atoms with van der Waals surface area (Å²) in [5, 5.41) is 12.0. The molecule has 0 aliphatic rings. The Balaban J connectivity index is 2.40. The van der Waals surface area contributed by atoms with E-state index in [9.17, 15) is 9.90 Å². The summed E-state index contributed by atoms with van der Waals surface area (Å²) in [7, 11) is 1.55. The predicted octanol–water partition coefficient (Wildman–Crippen LogP) is 2.49. The van der Waals surface area contributed by atoms with Crippen LogP contribution in [-0.2, 0) is 0 Å². The molecule has 2 aromatic rings. The van der Waals surface area contributed by atoms with Crippen molar-refractivity contribution < 1.29 is 9.90 Å². The first kappa shape index (κ1) is 13.3. The van der Waals surface area contributed by atoms with Crippen LogP contribution in [0.5, 0.6) is 5.75 Å². The average Bonchev–Trinajstić information content (AvgIpc) is 2.42. The number of amides is 1. The van der Waals surface area contributed by atoms with E-state index < -0.39 is 0 Å². The number of para-hydroxylation sites is 1. The number of phenols is 1. The lowest BCUT2D eigenvalue weighted by atomic mass is 10.2. The van der Waals surface area contributed by atoms with Crippen LogP contribution < -0.4 is 11.1 Å². The second-order valence-corrected chi connectivity index (χ2v) is 4.98. The van der Waals surface area contributed by atoms with Crippen molar-refractivity contribution in [3.63, 3.8) is 0 Å². The molecule has 0 atom stereocenters. The minimum absolute atomic E-state index is 0.0592. The van der Waals surface area contributed by atoms with Gasteiger partial charge in [-0.15, -0.1) is 0 Å². The van der Waals surface area contributed by atoms with E-state index in [1.165, 1.54) is 17.8 Å². The van der Waals surface area contributed by atoms with Crippen LogP contribution in [0.3, 0.4) is 0 Å². The van der Waals surface area contributed by atoms with Gasteiger partial charge in [0.2, 0.25) is 0 Å². The highest BCUT2D eigenvalue weighted by Gasteiger charge is 2.13. The molecule has 0 saturated carbocycles. The molecule has 2 aromatic carbocycles.